The van der Waals surface area contributed by atoms with Gasteiger partial charge in [-0.15, -0.1) is 0 Å². The van der Waals surface area contributed by atoms with Crippen molar-refractivity contribution in [1.82, 2.24) is 0 Å². The molecule has 3 atom stereocenters. The van der Waals surface area contributed by atoms with E-state index in [1.165, 1.54) is 5.57 Å². The molecule has 0 radical (unpaired) electrons. The van der Waals surface area contributed by atoms with Crippen molar-refractivity contribution in [3.63, 3.8) is 0 Å². The third kappa shape index (κ3) is 1.97. The van der Waals surface area contributed by atoms with E-state index in [0.29, 0.717) is 11.5 Å². The Morgan fingerprint density at radius 1 is 1.59 bits per heavy atom. The molecule has 2 aliphatic carbocycles. The highest BCUT2D eigenvalue weighted by Gasteiger charge is 2.41. The fraction of sp³-hybridized carbons (Fsp3) is 0.533. The molecule has 1 N–H and O–H groups in total. The Morgan fingerprint density at radius 3 is 2.94 bits per heavy atom. The molecule has 0 aromatic heterocycles. The number of carbonyl (C=O) groups is 1. The summed E-state index contributed by atoms with van der Waals surface area (Å²) in [6, 6.07) is 0. The molecule has 0 bridgehead atoms. The highest BCUT2D eigenvalue weighted by atomic mass is 16.4. The summed E-state index contributed by atoms with van der Waals surface area (Å²) in [4.78, 5) is 11.0. The summed E-state index contributed by atoms with van der Waals surface area (Å²) in [6.45, 7) is 8.21. The maximum Gasteiger partial charge on any atom is 0.331 e. The van der Waals surface area contributed by atoms with E-state index in [-0.39, 0.29) is 11.3 Å². The topological polar surface area (TPSA) is 37.3 Å². The quantitative estimate of drug-likeness (QED) is 0.739. The van der Waals surface area contributed by atoms with Crippen molar-refractivity contribution >= 4 is 5.97 Å². The summed E-state index contributed by atoms with van der Waals surface area (Å²) < 4.78 is 0. The lowest BCUT2D eigenvalue weighted by Gasteiger charge is -2.45. The highest BCUT2D eigenvalue weighted by molar-refractivity contribution is 5.86. The van der Waals surface area contributed by atoms with Gasteiger partial charge in [0.25, 0.3) is 0 Å². The summed E-state index contributed by atoms with van der Waals surface area (Å²) in [6.07, 6.45) is 9.40. The van der Waals surface area contributed by atoms with Crippen LogP contribution in [-0.4, -0.2) is 11.1 Å². The molecule has 0 saturated heterocycles. The van der Waals surface area contributed by atoms with Crippen LogP contribution in [0.5, 0.6) is 0 Å². The molecule has 1 fully saturated rings. The van der Waals surface area contributed by atoms with Crippen molar-refractivity contribution < 1.29 is 9.90 Å². The minimum absolute atomic E-state index is 0.121. The zero-order valence-corrected chi connectivity index (χ0v) is 10.6. The smallest absolute Gasteiger partial charge is 0.331 e. The second-order valence-electron chi connectivity index (χ2n) is 5.55. The lowest BCUT2D eigenvalue weighted by Crippen LogP contribution is -2.36. The van der Waals surface area contributed by atoms with Gasteiger partial charge in [-0.1, -0.05) is 44.2 Å². The van der Waals surface area contributed by atoms with Crippen LogP contribution in [0.2, 0.25) is 0 Å². The van der Waals surface area contributed by atoms with E-state index in [1.807, 2.05) is 0 Å². The van der Waals surface area contributed by atoms with Gasteiger partial charge in [0, 0.05) is 5.57 Å². The van der Waals surface area contributed by atoms with Crippen LogP contribution in [0.4, 0.5) is 0 Å². The van der Waals surface area contributed by atoms with E-state index in [4.69, 9.17) is 5.11 Å². The molecule has 0 heterocycles. The maximum absolute atomic E-state index is 11.0. The van der Waals surface area contributed by atoms with Gasteiger partial charge in [0.15, 0.2) is 0 Å². The molecule has 0 spiro atoms. The van der Waals surface area contributed by atoms with Crippen LogP contribution in [0.25, 0.3) is 0 Å². The summed E-state index contributed by atoms with van der Waals surface area (Å²) in [5, 5.41) is 9.05. The molecule has 2 aliphatic rings. The average Bonchev–Trinajstić information content (AvgIpc) is 2.29. The fourth-order valence-electron chi connectivity index (χ4n) is 3.14. The molecule has 0 aromatic carbocycles. The van der Waals surface area contributed by atoms with Crippen molar-refractivity contribution in [2.75, 3.05) is 0 Å². The minimum atomic E-state index is -0.843. The van der Waals surface area contributed by atoms with Gasteiger partial charge in [-0.05, 0) is 36.5 Å². The third-order valence-corrected chi connectivity index (χ3v) is 4.64. The number of carboxylic acid groups (broad SMARTS) is 1. The Labute approximate surface area is 103 Å². The van der Waals surface area contributed by atoms with Crippen molar-refractivity contribution in [1.29, 1.82) is 0 Å². The lowest BCUT2D eigenvalue weighted by molar-refractivity contribution is -0.133. The Hall–Kier alpha value is -1.31. The van der Waals surface area contributed by atoms with E-state index in [2.05, 4.69) is 38.7 Å². The predicted molar refractivity (Wildman–Crippen MR) is 68.6 cm³/mol. The average molecular weight is 232 g/mol. The minimum Gasteiger partial charge on any atom is -0.478 e. The van der Waals surface area contributed by atoms with Gasteiger partial charge in [0.05, 0.1) is 0 Å². The van der Waals surface area contributed by atoms with Crippen LogP contribution < -0.4 is 0 Å². The van der Waals surface area contributed by atoms with Gasteiger partial charge >= 0.3 is 5.97 Å². The Bertz CT molecular complexity index is 417. The first-order chi connectivity index (χ1) is 7.95. The standard InChI is InChI=1S/C15H20O2/c1-10-5-4-6-13-8-7-12(9-15(10,13)3)11(2)14(16)17/h4-6,10,12H,2,7-9H2,1,3H3,(H,16,17)/t10-,12+,15+/m0/s1. The molecule has 1 saturated carbocycles. The SMILES string of the molecule is C=C(C(=O)O)[C@@H]1CCC2=CC=C[C@H](C)[C@@]2(C)C1. The molecule has 2 heteroatoms. The zero-order valence-electron chi connectivity index (χ0n) is 10.6. The number of hydrogen-bond acceptors (Lipinski definition) is 1. The molecule has 0 unspecified atom stereocenters. The van der Waals surface area contributed by atoms with Crippen molar-refractivity contribution in [2.24, 2.45) is 17.3 Å². The Kier molecular flexibility index (Phi) is 2.98. The van der Waals surface area contributed by atoms with E-state index >= 15 is 0 Å². The summed E-state index contributed by atoms with van der Waals surface area (Å²) >= 11 is 0. The number of allylic oxidation sites excluding steroid dienone is 4. The van der Waals surface area contributed by atoms with Gasteiger partial charge in [0.1, 0.15) is 0 Å². The van der Waals surface area contributed by atoms with Crippen LogP contribution >= 0.6 is 0 Å². The number of rotatable bonds is 2. The number of carboxylic acids is 1. The van der Waals surface area contributed by atoms with Crippen LogP contribution in [0.15, 0.2) is 36.0 Å². The zero-order chi connectivity index (χ0) is 12.6. The molecule has 2 rings (SSSR count). The van der Waals surface area contributed by atoms with Gasteiger partial charge < -0.3 is 5.11 Å². The van der Waals surface area contributed by atoms with Gasteiger partial charge in [0.2, 0.25) is 0 Å². The molecular weight excluding hydrogens is 212 g/mol. The fourth-order valence-corrected chi connectivity index (χ4v) is 3.14. The van der Waals surface area contributed by atoms with Crippen molar-refractivity contribution in [2.45, 2.75) is 33.1 Å². The molecule has 92 valence electrons. The maximum atomic E-state index is 11.0. The third-order valence-electron chi connectivity index (χ3n) is 4.64. The number of hydrogen-bond donors (Lipinski definition) is 1. The van der Waals surface area contributed by atoms with E-state index in [9.17, 15) is 4.79 Å². The highest BCUT2D eigenvalue weighted by Crippen LogP contribution is 2.51. The van der Waals surface area contributed by atoms with Gasteiger partial charge in [-0.25, -0.2) is 4.79 Å². The van der Waals surface area contributed by atoms with Crippen molar-refractivity contribution in [3.05, 3.63) is 36.0 Å². The number of aliphatic carboxylic acids is 1. The second-order valence-corrected chi connectivity index (χ2v) is 5.55. The first kappa shape index (κ1) is 12.2. The summed E-state index contributed by atoms with van der Waals surface area (Å²) in [5.74, 6) is -0.236. The van der Waals surface area contributed by atoms with Gasteiger partial charge in [-0.2, -0.15) is 0 Å². The lowest BCUT2D eigenvalue weighted by atomic mass is 9.59. The summed E-state index contributed by atoms with van der Waals surface area (Å²) in [5.41, 5.74) is 1.98. The first-order valence-electron chi connectivity index (χ1n) is 6.25. The van der Waals surface area contributed by atoms with E-state index < -0.39 is 5.97 Å². The molecule has 0 amide bonds. The van der Waals surface area contributed by atoms with E-state index in [0.717, 1.165) is 19.3 Å². The van der Waals surface area contributed by atoms with Crippen LogP contribution in [0, 0.1) is 17.3 Å². The predicted octanol–water partition coefficient (Wildman–Crippen LogP) is 3.57. The van der Waals surface area contributed by atoms with E-state index in [1.54, 1.807) is 0 Å². The van der Waals surface area contributed by atoms with Crippen molar-refractivity contribution in [3.8, 4) is 0 Å². The molecular formula is C15H20O2. The van der Waals surface area contributed by atoms with Crippen LogP contribution in [0.3, 0.4) is 0 Å². The number of fused-ring (bicyclic) bond motifs is 1. The molecule has 0 aliphatic heterocycles. The normalized spacial score (nSPS) is 36.0. The molecule has 2 nitrogen and oxygen atoms in total. The second kappa shape index (κ2) is 4.17. The summed E-state index contributed by atoms with van der Waals surface area (Å²) in [7, 11) is 0. The first-order valence-corrected chi connectivity index (χ1v) is 6.25. The van der Waals surface area contributed by atoms with Gasteiger partial charge in [-0.3, -0.25) is 0 Å². The monoisotopic (exact) mass is 232 g/mol. The van der Waals surface area contributed by atoms with Crippen LogP contribution in [0.1, 0.15) is 33.1 Å². The largest absolute Gasteiger partial charge is 0.478 e. The molecule has 0 aromatic rings. The van der Waals surface area contributed by atoms with Crippen LogP contribution in [-0.2, 0) is 4.79 Å². The Morgan fingerprint density at radius 2 is 2.29 bits per heavy atom. The molecule has 17 heavy (non-hydrogen) atoms. The Balaban J connectivity index is 2.23.